The van der Waals surface area contributed by atoms with E-state index in [-0.39, 0.29) is 0 Å². The Morgan fingerprint density at radius 3 is 1.58 bits per heavy atom. The molecule has 0 atom stereocenters. The van der Waals surface area contributed by atoms with Crippen molar-refractivity contribution in [3.63, 3.8) is 0 Å². The van der Waals surface area contributed by atoms with Gasteiger partial charge in [0.2, 0.25) is 0 Å². The molecule has 0 fully saturated rings. The van der Waals surface area contributed by atoms with Crippen LogP contribution in [0.4, 0.5) is 11.4 Å². The van der Waals surface area contributed by atoms with Crippen LogP contribution in [0.2, 0.25) is 0 Å². The van der Waals surface area contributed by atoms with E-state index in [9.17, 15) is 0 Å². The number of hydrogen-bond donors (Lipinski definition) is 0. The minimum absolute atomic E-state index is 0.592. The highest BCUT2D eigenvalue weighted by atomic mass is 14.6. The van der Waals surface area contributed by atoms with Crippen LogP contribution < -0.4 is 0 Å². The average molecular weight is 331 g/mol. The van der Waals surface area contributed by atoms with Crippen LogP contribution in [0.1, 0.15) is 22.3 Å². The minimum Gasteiger partial charge on any atom is -0.238 e. The molecule has 0 unspecified atom stereocenters. The number of benzene rings is 3. The highest BCUT2D eigenvalue weighted by molar-refractivity contribution is 5.92. The molecule has 0 aromatic heterocycles. The van der Waals surface area contributed by atoms with Gasteiger partial charge < -0.3 is 0 Å². The first-order valence-corrected chi connectivity index (χ1v) is 7.91. The van der Waals surface area contributed by atoms with E-state index in [0.29, 0.717) is 16.9 Å². The summed E-state index contributed by atoms with van der Waals surface area (Å²) in [6, 6.07) is 24.4. The van der Waals surface area contributed by atoms with Gasteiger partial charge in [-0.15, -0.1) is 0 Å². The second-order valence-electron chi connectivity index (χ2n) is 5.61. The molecule has 0 radical (unpaired) electrons. The van der Waals surface area contributed by atoms with Gasteiger partial charge in [0.25, 0.3) is 0 Å². The molecule has 0 spiro atoms. The van der Waals surface area contributed by atoms with Crippen molar-refractivity contribution in [3.05, 3.63) is 118 Å². The van der Waals surface area contributed by atoms with E-state index in [4.69, 9.17) is 18.4 Å². The molecular weight excluding hydrogens is 318 g/mol. The molecule has 3 aromatic rings. The van der Waals surface area contributed by atoms with Gasteiger partial charge in [0, 0.05) is 0 Å². The zero-order valence-electron chi connectivity index (χ0n) is 13.8. The maximum atomic E-state index is 8.95. The van der Waals surface area contributed by atoms with Crippen LogP contribution in [0.3, 0.4) is 0 Å². The lowest BCUT2D eigenvalue weighted by Crippen LogP contribution is -1.88. The van der Waals surface area contributed by atoms with Gasteiger partial charge in [-0.3, -0.25) is 0 Å². The van der Waals surface area contributed by atoms with Crippen molar-refractivity contribution in [3.8, 4) is 6.07 Å². The fourth-order valence-corrected chi connectivity index (χ4v) is 2.58. The third-order valence-corrected chi connectivity index (χ3v) is 3.97. The number of rotatable bonds is 3. The Hall–Kier alpha value is -4.13. The van der Waals surface area contributed by atoms with Crippen LogP contribution in [0, 0.1) is 24.5 Å². The van der Waals surface area contributed by atoms with Gasteiger partial charge in [0.05, 0.1) is 24.8 Å². The van der Waals surface area contributed by atoms with Crippen LogP contribution in [-0.2, 0) is 0 Å². The maximum absolute atomic E-state index is 8.95. The van der Waals surface area contributed by atoms with Gasteiger partial charge in [-0.2, -0.15) is 5.26 Å². The highest BCUT2D eigenvalue weighted by Crippen LogP contribution is 2.29. The molecule has 0 aliphatic rings. The molecule has 0 N–H and O–H groups in total. The highest BCUT2D eigenvalue weighted by Gasteiger charge is 2.06. The third-order valence-electron chi connectivity index (χ3n) is 3.97. The van der Waals surface area contributed by atoms with E-state index in [2.05, 4.69) is 15.8 Å². The lowest BCUT2D eigenvalue weighted by Gasteiger charge is -2.10. The van der Waals surface area contributed by atoms with E-state index in [1.807, 2.05) is 42.5 Å². The zero-order chi connectivity index (χ0) is 18.4. The lowest BCUT2D eigenvalue weighted by atomic mass is 9.95. The van der Waals surface area contributed by atoms with E-state index >= 15 is 0 Å². The predicted octanol–water partition coefficient (Wildman–Crippen LogP) is 6.25. The van der Waals surface area contributed by atoms with E-state index in [0.717, 1.165) is 22.3 Å². The smallest absolute Gasteiger partial charge is 0.187 e. The molecule has 0 saturated carbocycles. The first-order valence-electron chi connectivity index (χ1n) is 7.91. The Morgan fingerprint density at radius 1 is 0.731 bits per heavy atom. The monoisotopic (exact) mass is 331 g/mol. The Labute approximate surface area is 152 Å². The number of nitriles is 1. The Morgan fingerprint density at radius 2 is 1.19 bits per heavy atom. The molecular formula is C23H13N3. The summed E-state index contributed by atoms with van der Waals surface area (Å²) in [5.41, 5.74) is 5.73. The van der Waals surface area contributed by atoms with Gasteiger partial charge in [-0.05, 0) is 40.5 Å². The molecule has 0 amide bonds. The summed E-state index contributed by atoms with van der Waals surface area (Å²) >= 11 is 0. The van der Waals surface area contributed by atoms with E-state index in [1.165, 1.54) is 0 Å². The summed E-state index contributed by atoms with van der Waals surface area (Å²) in [5.74, 6) is 0. The minimum atomic E-state index is 0.592. The zero-order valence-corrected chi connectivity index (χ0v) is 13.8. The fraction of sp³-hybridized carbons (Fsp3) is 0. The van der Waals surface area contributed by atoms with Crippen molar-refractivity contribution < 1.29 is 0 Å². The summed E-state index contributed by atoms with van der Waals surface area (Å²) in [5, 5.41) is 8.95. The maximum Gasteiger partial charge on any atom is 0.187 e. The second-order valence-corrected chi connectivity index (χ2v) is 5.61. The Kier molecular flexibility index (Phi) is 4.90. The van der Waals surface area contributed by atoms with Crippen molar-refractivity contribution in [2.24, 2.45) is 0 Å². The molecule has 3 nitrogen and oxygen atoms in total. The molecule has 0 aliphatic carbocycles. The van der Waals surface area contributed by atoms with Crippen molar-refractivity contribution in [2.45, 2.75) is 0 Å². The van der Waals surface area contributed by atoms with Crippen LogP contribution in [-0.4, -0.2) is 0 Å². The average Bonchev–Trinajstić information content (AvgIpc) is 2.73. The van der Waals surface area contributed by atoms with Crippen molar-refractivity contribution in [2.75, 3.05) is 0 Å². The Bertz CT molecular complexity index is 1010. The van der Waals surface area contributed by atoms with Crippen LogP contribution >= 0.6 is 0 Å². The molecule has 26 heavy (non-hydrogen) atoms. The molecule has 3 heteroatoms. The van der Waals surface area contributed by atoms with Gasteiger partial charge in [0.1, 0.15) is 0 Å². The SMILES string of the molecule is [C-]#[N+]c1ccc(C(=Cc2ccc(C#N)cc2)c2ccc([N+]#[C-])cc2)cc1. The van der Waals surface area contributed by atoms with Crippen LogP contribution in [0.15, 0.2) is 72.8 Å². The van der Waals surface area contributed by atoms with Crippen LogP contribution in [0.25, 0.3) is 21.3 Å². The Balaban J connectivity index is 2.10. The summed E-state index contributed by atoms with van der Waals surface area (Å²) in [4.78, 5) is 6.87. The van der Waals surface area contributed by atoms with Crippen LogP contribution in [0.5, 0.6) is 0 Å². The normalized spacial score (nSPS) is 9.42. The molecule has 120 valence electrons. The summed E-state index contributed by atoms with van der Waals surface area (Å²) in [7, 11) is 0. The quantitative estimate of drug-likeness (QED) is 0.412. The largest absolute Gasteiger partial charge is 0.238 e. The third kappa shape index (κ3) is 3.68. The van der Waals surface area contributed by atoms with Gasteiger partial charge in [0.15, 0.2) is 11.4 Å². The second kappa shape index (κ2) is 7.63. The molecule has 0 bridgehead atoms. The first kappa shape index (κ1) is 16.7. The summed E-state index contributed by atoms with van der Waals surface area (Å²) in [6.07, 6.45) is 2.04. The van der Waals surface area contributed by atoms with Crippen molar-refractivity contribution in [1.29, 1.82) is 5.26 Å². The molecule has 0 aliphatic heterocycles. The van der Waals surface area contributed by atoms with E-state index < -0.39 is 0 Å². The topological polar surface area (TPSA) is 32.5 Å². The number of nitrogens with zero attached hydrogens (tertiary/aromatic N) is 3. The van der Waals surface area contributed by atoms with E-state index in [1.54, 1.807) is 36.4 Å². The fourth-order valence-electron chi connectivity index (χ4n) is 2.58. The molecule has 0 heterocycles. The van der Waals surface area contributed by atoms with Gasteiger partial charge in [-0.1, -0.05) is 60.7 Å². The van der Waals surface area contributed by atoms with Crippen molar-refractivity contribution in [1.82, 2.24) is 0 Å². The first-order chi connectivity index (χ1) is 12.7. The number of hydrogen-bond acceptors (Lipinski definition) is 1. The standard InChI is InChI=1S/C23H13N3/c1-25-21-11-7-19(8-12-21)23(20-9-13-22(26-2)14-10-20)15-17-3-5-18(16-24)6-4-17/h3-15H. The predicted molar refractivity (Wildman–Crippen MR) is 104 cm³/mol. The lowest BCUT2D eigenvalue weighted by molar-refractivity contribution is 1.48. The molecule has 0 saturated heterocycles. The van der Waals surface area contributed by atoms with Crippen molar-refractivity contribution >= 4 is 23.0 Å². The summed E-state index contributed by atoms with van der Waals surface area (Å²) in [6.45, 7) is 14.2. The van der Waals surface area contributed by atoms with Gasteiger partial charge >= 0.3 is 0 Å². The van der Waals surface area contributed by atoms with Gasteiger partial charge in [-0.25, -0.2) is 9.69 Å². The summed E-state index contributed by atoms with van der Waals surface area (Å²) < 4.78 is 0. The molecule has 3 rings (SSSR count). The molecule has 3 aromatic carbocycles.